The Morgan fingerprint density at radius 3 is 2.54 bits per heavy atom. The molecule has 0 aliphatic heterocycles. The van der Waals surface area contributed by atoms with E-state index in [4.69, 9.17) is 21.6 Å². The second kappa shape index (κ2) is 11.4. The van der Waals surface area contributed by atoms with Crippen LogP contribution in [0.15, 0.2) is 64.6 Å². The Morgan fingerprint density at radius 1 is 1.08 bits per heavy atom. The second-order valence-electron chi connectivity index (χ2n) is 9.70. The molecule has 8 nitrogen and oxygen atoms in total. The number of nitrogens with one attached hydrogen (secondary N) is 2. The van der Waals surface area contributed by atoms with Crippen molar-refractivity contribution in [1.29, 1.82) is 0 Å². The van der Waals surface area contributed by atoms with Crippen LogP contribution in [0, 0.1) is 6.92 Å². The van der Waals surface area contributed by atoms with Crippen molar-refractivity contribution in [3.8, 4) is 11.1 Å². The molecule has 1 saturated carbocycles. The molecule has 0 radical (unpaired) electrons. The maximum absolute atomic E-state index is 12.8. The first-order chi connectivity index (χ1) is 18.8. The van der Waals surface area contributed by atoms with E-state index in [0.29, 0.717) is 17.7 Å². The Hall–Kier alpha value is -3.40. The van der Waals surface area contributed by atoms with E-state index in [9.17, 15) is 8.42 Å². The summed E-state index contributed by atoms with van der Waals surface area (Å²) in [6.45, 7) is 3.96. The Balaban J connectivity index is 1.42. The van der Waals surface area contributed by atoms with Crippen LogP contribution in [0.5, 0.6) is 0 Å². The van der Waals surface area contributed by atoms with Crippen molar-refractivity contribution >= 4 is 50.0 Å². The molecule has 2 aromatic heterocycles. The lowest BCUT2D eigenvalue weighted by Gasteiger charge is -2.22. The summed E-state index contributed by atoms with van der Waals surface area (Å²) < 4.78 is 28.2. The number of aliphatic imine (C=N–C) groups is 1. The molecule has 4 aromatic rings. The minimum Gasteiger partial charge on any atom is -0.317 e. The van der Waals surface area contributed by atoms with Gasteiger partial charge in [-0.2, -0.15) is 0 Å². The molecule has 2 aromatic carbocycles. The SMILES string of the molecule is CCc1cc(-c2ccc(NS(=O)(=O)c3ccccc3Cl)nc2C)cc2cnc(N=C3CCC(NC)CC3)nc12. The third kappa shape index (κ3) is 5.95. The van der Waals surface area contributed by atoms with Crippen molar-refractivity contribution in [2.45, 2.75) is 56.9 Å². The molecular formula is C29H31ClN6O2S. The highest BCUT2D eigenvalue weighted by Crippen LogP contribution is 2.31. The second-order valence-corrected chi connectivity index (χ2v) is 11.8. The smallest absolute Gasteiger partial charge is 0.264 e. The van der Waals surface area contributed by atoms with E-state index >= 15 is 0 Å². The molecular weight excluding hydrogens is 532 g/mol. The van der Waals surface area contributed by atoms with E-state index in [1.807, 2.05) is 32.3 Å². The minimum absolute atomic E-state index is 0.00691. The lowest BCUT2D eigenvalue weighted by atomic mass is 9.94. The molecule has 39 heavy (non-hydrogen) atoms. The van der Waals surface area contributed by atoms with Crippen LogP contribution in [-0.4, -0.2) is 42.2 Å². The summed E-state index contributed by atoms with van der Waals surface area (Å²) >= 11 is 6.10. The van der Waals surface area contributed by atoms with E-state index in [0.717, 1.165) is 65.4 Å². The molecule has 2 N–H and O–H groups in total. The van der Waals surface area contributed by atoms with Gasteiger partial charge in [0.15, 0.2) is 0 Å². The molecule has 0 atom stereocenters. The molecule has 0 saturated heterocycles. The zero-order valence-corrected chi connectivity index (χ0v) is 23.8. The lowest BCUT2D eigenvalue weighted by Crippen LogP contribution is -2.30. The Labute approximate surface area is 234 Å². The molecule has 0 bridgehead atoms. The van der Waals surface area contributed by atoms with Gasteiger partial charge in [0, 0.05) is 34.6 Å². The molecule has 1 fully saturated rings. The van der Waals surface area contributed by atoms with Crippen LogP contribution in [0.4, 0.5) is 11.8 Å². The molecule has 5 rings (SSSR count). The lowest BCUT2D eigenvalue weighted by molar-refractivity contribution is 0.481. The van der Waals surface area contributed by atoms with Crippen molar-refractivity contribution in [1.82, 2.24) is 20.3 Å². The average molecular weight is 563 g/mol. The van der Waals surface area contributed by atoms with Crippen LogP contribution in [0.2, 0.25) is 5.02 Å². The van der Waals surface area contributed by atoms with Crippen LogP contribution in [0.1, 0.15) is 43.9 Å². The predicted octanol–water partition coefficient (Wildman–Crippen LogP) is 6.25. The zero-order valence-electron chi connectivity index (χ0n) is 22.2. The first-order valence-corrected chi connectivity index (χ1v) is 14.9. The van der Waals surface area contributed by atoms with Gasteiger partial charge in [-0.25, -0.2) is 28.4 Å². The van der Waals surface area contributed by atoms with Crippen molar-refractivity contribution < 1.29 is 8.42 Å². The van der Waals surface area contributed by atoms with E-state index in [1.54, 1.807) is 18.2 Å². The maximum Gasteiger partial charge on any atom is 0.264 e. The third-order valence-corrected chi connectivity index (χ3v) is 8.98. The van der Waals surface area contributed by atoms with Crippen molar-refractivity contribution in [2.75, 3.05) is 11.8 Å². The summed E-state index contributed by atoms with van der Waals surface area (Å²) in [7, 11) is -1.86. The maximum atomic E-state index is 12.8. The van der Waals surface area contributed by atoms with Gasteiger partial charge in [0.25, 0.3) is 10.0 Å². The van der Waals surface area contributed by atoms with Crippen LogP contribution in [-0.2, 0) is 16.4 Å². The summed E-state index contributed by atoms with van der Waals surface area (Å²) in [6, 6.07) is 14.6. The van der Waals surface area contributed by atoms with Crippen LogP contribution >= 0.6 is 11.6 Å². The van der Waals surface area contributed by atoms with Gasteiger partial charge in [0.2, 0.25) is 5.95 Å². The van der Waals surface area contributed by atoms with Gasteiger partial charge in [-0.05, 0) is 93.6 Å². The number of pyridine rings is 1. The number of sulfonamides is 1. The minimum atomic E-state index is -3.87. The van der Waals surface area contributed by atoms with Crippen molar-refractivity contribution in [3.05, 3.63) is 71.0 Å². The number of nitrogens with zero attached hydrogens (tertiary/aromatic N) is 4. The highest BCUT2D eigenvalue weighted by atomic mass is 35.5. The van der Waals surface area contributed by atoms with E-state index < -0.39 is 10.0 Å². The standard InChI is InChI=1S/C29H31ClN6O2S/c1-4-19-15-20(16-21-17-32-29(35-28(19)21)34-23-11-9-22(31-3)10-12-23)24-13-14-27(33-18(24)2)36-39(37,38)26-8-6-5-7-25(26)30/h5-8,13-17,22,31H,4,9-12H2,1-3H3,(H,33,36). The highest BCUT2D eigenvalue weighted by Gasteiger charge is 2.19. The number of fused-ring (bicyclic) bond motifs is 1. The van der Waals surface area contributed by atoms with Gasteiger partial charge in [-0.3, -0.25) is 4.72 Å². The van der Waals surface area contributed by atoms with Gasteiger partial charge in [-0.1, -0.05) is 30.7 Å². The Bertz CT molecular complexity index is 1660. The third-order valence-electron chi connectivity index (χ3n) is 7.12. The number of rotatable bonds is 7. The zero-order chi connectivity index (χ0) is 27.6. The van der Waals surface area contributed by atoms with Crippen LogP contribution in [0.25, 0.3) is 22.0 Å². The highest BCUT2D eigenvalue weighted by molar-refractivity contribution is 7.92. The molecule has 1 aliphatic carbocycles. The molecule has 0 amide bonds. The molecule has 202 valence electrons. The van der Waals surface area contributed by atoms with Gasteiger partial charge < -0.3 is 5.32 Å². The van der Waals surface area contributed by atoms with Crippen molar-refractivity contribution in [2.24, 2.45) is 4.99 Å². The number of aromatic nitrogens is 3. The van der Waals surface area contributed by atoms with Crippen molar-refractivity contribution in [3.63, 3.8) is 0 Å². The molecule has 10 heteroatoms. The van der Waals surface area contributed by atoms with Gasteiger partial charge in [-0.15, -0.1) is 0 Å². The fourth-order valence-corrected chi connectivity index (χ4v) is 6.48. The normalized spacial score (nSPS) is 15.9. The van der Waals surface area contributed by atoms with Gasteiger partial charge in [0.1, 0.15) is 10.7 Å². The topological polar surface area (TPSA) is 109 Å². The van der Waals surface area contributed by atoms with E-state index in [-0.39, 0.29) is 15.7 Å². The largest absolute Gasteiger partial charge is 0.317 e. The fraction of sp³-hybridized carbons (Fsp3) is 0.310. The van der Waals surface area contributed by atoms with Gasteiger partial charge >= 0.3 is 0 Å². The summed E-state index contributed by atoms with van der Waals surface area (Å²) in [5.41, 5.74) is 5.71. The number of anilines is 1. The molecule has 1 aliphatic rings. The molecule has 2 heterocycles. The number of benzene rings is 2. The Kier molecular flexibility index (Phi) is 7.93. The van der Waals surface area contributed by atoms with Gasteiger partial charge in [0.05, 0.1) is 10.5 Å². The summed E-state index contributed by atoms with van der Waals surface area (Å²) in [4.78, 5) is 18.7. The fourth-order valence-electron chi connectivity index (χ4n) is 4.96. The van der Waals surface area contributed by atoms with Crippen LogP contribution in [0.3, 0.4) is 0 Å². The summed E-state index contributed by atoms with van der Waals surface area (Å²) in [5.74, 6) is 0.736. The molecule has 0 unspecified atom stereocenters. The Morgan fingerprint density at radius 2 is 1.85 bits per heavy atom. The van der Waals surface area contributed by atoms with Crippen LogP contribution < -0.4 is 10.0 Å². The number of hydrogen-bond donors (Lipinski definition) is 2. The number of halogens is 1. The first-order valence-electron chi connectivity index (χ1n) is 13.1. The quantitative estimate of drug-likeness (QED) is 0.275. The monoisotopic (exact) mass is 562 g/mol. The summed E-state index contributed by atoms with van der Waals surface area (Å²) in [6.07, 6.45) is 6.72. The first kappa shape index (κ1) is 27.2. The summed E-state index contributed by atoms with van der Waals surface area (Å²) in [5, 5.41) is 4.42. The average Bonchev–Trinajstić information content (AvgIpc) is 2.93. The predicted molar refractivity (Wildman–Crippen MR) is 158 cm³/mol. The number of hydrogen-bond acceptors (Lipinski definition) is 7. The number of aryl methyl sites for hydroxylation is 2. The van der Waals surface area contributed by atoms with E-state index in [1.165, 1.54) is 12.1 Å². The van der Waals surface area contributed by atoms with E-state index in [2.05, 4.69) is 33.0 Å². The molecule has 0 spiro atoms.